The van der Waals surface area contributed by atoms with Gasteiger partial charge in [0.15, 0.2) is 5.96 Å². The summed E-state index contributed by atoms with van der Waals surface area (Å²) in [5, 5.41) is 10.7. The van der Waals surface area contributed by atoms with Gasteiger partial charge in [-0.1, -0.05) is 6.92 Å². The Bertz CT molecular complexity index is 499. The van der Waals surface area contributed by atoms with Gasteiger partial charge in [-0.3, -0.25) is 9.48 Å². The van der Waals surface area contributed by atoms with Gasteiger partial charge < -0.3 is 15.5 Å². The highest BCUT2D eigenvalue weighted by Crippen LogP contribution is 2.07. The van der Waals surface area contributed by atoms with Crippen LogP contribution in [0.15, 0.2) is 23.5 Å². The Morgan fingerprint density at radius 3 is 2.71 bits per heavy atom. The number of carbonyl (C=O) groups excluding carboxylic acids is 1. The number of guanidine groups is 1. The summed E-state index contributed by atoms with van der Waals surface area (Å²) >= 11 is 0. The molecule has 0 bridgehead atoms. The van der Waals surface area contributed by atoms with Crippen molar-refractivity contribution in [3.05, 3.63) is 18.5 Å². The lowest BCUT2D eigenvalue weighted by molar-refractivity contribution is -0.128. The van der Waals surface area contributed by atoms with Crippen LogP contribution in [0.25, 0.3) is 0 Å². The summed E-state index contributed by atoms with van der Waals surface area (Å²) in [6.45, 7) is 8.55. The summed E-state index contributed by atoms with van der Waals surface area (Å²) in [4.78, 5) is 18.4. The normalized spacial score (nSPS) is 15.8. The lowest BCUT2D eigenvalue weighted by Gasteiger charge is -2.17. The standard InChI is InChI=1S/C16H28N6O.HI/c1-3-17-16(19-12-15(23)21-8-4-5-9-21)18-11-14(2)13-22-10-6-7-20-22;/h6-7,10,14H,3-5,8-9,11-13H2,1-2H3,(H2,17,18,19);1H. The van der Waals surface area contributed by atoms with Gasteiger partial charge in [0.2, 0.25) is 5.91 Å². The summed E-state index contributed by atoms with van der Waals surface area (Å²) in [5.41, 5.74) is 0. The second kappa shape index (κ2) is 11.3. The second-order valence-corrected chi connectivity index (χ2v) is 6.00. The highest BCUT2D eigenvalue weighted by molar-refractivity contribution is 14.0. The quantitative estimate of drug-likeness (QED) is 0.375. The Balaban J connectivity index is 0.00000288. The van der Waals surface area contributed by atoms with E-state index < -0.39 is 0 Å². The molecule has 2 heterocycles. The molecule has 1 aromatic rings. The number of aromatic nitrogens is 2. The molecule has 136 valence electrons. The van der Waals surface area contributed by atoms with Gasteiger partial charge in [0.05, 0.1) is 0 Å². The van der Waals surface area contributed by atoms with E-state index in [1.54, 1.807) is 6.20 Å². The van der Waals surface area contributed by atoms with Crippen molar-refractivity contribution in [2.45, 2.75) is 33.2 Å². The first-order valence-electron chi connectivity index (χ1n) is 8.46. The van der Waals surface area contributed by atoms with E-state index in [1.165, 1.54) is 0 Å². The average molecular weight is 448 g/mol. The molecule has 1 aromatic heterocycles. The fourth-order valence-corrected chi connectivity index (χ4v) is 2.62. The number of nitrogens with one attached hydrogen (secondary N) is 2. The van der Waals surface area contributed by atoms with E-state index in [2.05, 4.69) is 27.6 Å². The van der Waals surface area contributed by atoms with Gasteiger partial charge in [-0.25, -0.2) is 4.99 Å². The second-order valence-electron chi connectivity index (χ2n) is 6.00. The lowest BCUT2D eigenvalue weighted by atomic mass is 10.2. The molecule has 24 heavy (non-hydrogen) atoms. The van der Waals surface area contributed by atoms with Gasteiger partial charge >= 0.3 is 0 Å². The SMILES string of the molecule is CCNC(=NCC(=O)N1CCCC1)NCC(C)Cn1cccn1.I. The fraction of sp³-hybridized carbons (Fsp3) is 0.688. The topological polar surface area (TPSA) is 74.6 Å². The van der Waals surface area contributed by atoms with Crippen LogP contribution in [-0.4, -0.2) is 59.3 Å². The van der Waals surface area contributed by atoms with Crippen LogP contribution in [0, 0.1) is 5.92 Å². The third-order valence-corrected chi connectivity index (χ3v) is 3.85. The molecule has 0 aromatic carbocycles. The van der Waals surface area contributed by atoms with Gasteiger partial charge in [0, 0.05) is 45.1 Å². The van der Waals surface area contributed by atoms with E-state index in [0.29, 0.717) is 11.9 Å². The van der Waals surface area contributed by atoms with E-state index in [0.717, 1.165) is 45.6 Å². The van der Waals surface area contributed by atoms with Crippen LogP contribution in [0.2, 0.25) is 0 Å². The molecule has 0 radical (unpaired) electrons. The molecule has 2 rings (SSSR count). The molecule has 1 atom stereocenters. The molecule has 0 aliphatic carbocycles. The van der Waals surface area contributed by atoms with Gasteiger partial charge in [-0.2, -0.15) is 5.10 Å². The van der Waals surface area contributed by atoms with Crippen LogP contribution in [-0.2, 0) is 11.3 Å². The number of aliphatic imine (C=N–C) groups is 1. The van der Waals surface area contributed by atoms with Crippen LogP contribution in [0.4, 0.5) is 0 Å². The fourth-order valence-electron chi connectivity index (χ4n) is 2.62. The van der Waals surface area contributed by atoms with Crippen molar-refractivity contribution in [3.8, 4) is 0 Å². The number of hydrogen-bond acceptors (Lipinski definition) is 3. The zero-order valence-corrected chi connectivity index (χ0v) is 16.9. The van der Waals surface area contributed by atoms with E-state index in [1.807, 2.05) is 28.8 Å². The Labute approximate surface area is 161 Å². The number of hydrogen-bond donors (Lipinski definition) is 2. The Morgan fingerprint density at radius 2 is 2.08 bits per heavy atom. The maximum atomic E-state index is 12.1. The van der Waals surface area contributed by atoms with Crippen molar-refractivity contribution in [3.63, 3.8) is 0 Å². The molecule has 0 spiro atoms. The molecule has 1 unspecified atom stereocenters. The number of halogens is 1. The summed E-state index contributed by atoms with van der Waals surface area (Å²) in [7, 11) is 0. The molecule has 1 fully saturated rings. The minimum atomic E-state index is 0. The molecule has 1 saturated heterocycles. The number of rotatable bonds is 7. The van der Waals surface area contributed by atoms with Crippen molar-refractivity contribution in [1.82, 2.24) is 25.3 Å². The van der Waals surface area contributed by atoms with Gasteiger partial charge in [0.1, 0.15) is 6.54 Å². The van der Waals surface area contributed by atoms with Crippen molar-refractivity contribution >= 4 is 35.8 Å². The molecular weight excluding hydrogens is 419 g/mol. The van der Waals surface area contributed by atoms with E-state index >= 15 is 0 Å². The van der Waals surface area contributed by atoms with E-state index in [9.17, 15) is 4.79 Å². The smallest absolute Gasteiger partial charge is 0.244 e. The molecule has 1 aliphatic heterocycles. The minimum absolute atomic E-state index is 0. The van der Waals surface area contributed by atoms with Crippen molar-refractivity contribution < 1.29 is 4.79 Å². The van der Waals surface area contributed by atoms with Crippen LogP contribution in [0.5, 0.6) is 0 Å². The highest BCUT2D eigenvalue weighted by atomic mass is 127. The molecule has 0 saturated carbocycles. The summed E-state index contributed by atoms with van der Waals surface area (Å²) in [6, 6.07) is 1.93. The summed E-state index contributed by atoms with van der Waals surface area (Å²) in [6.07, 6.45) is 5.97. The van der Waals surface area contributed by atoms with Crippen molar-refractivity contribution in [1.29, 1.82) is 0 Å². The Hall–Kier alpha value is -1.32. The lowest BCUT2D eigenvalue weighted by Crippen LogP contribution is -2.41. The minimum Gasteiger partial charge on any atom is -0.357 e. The largest absolute Gasteiger partial charge is 0.357 e. The first-order valence-corrected chi connectivity index (χ1v) is 8.46. The number of amides is 1. The molecule has 8 heteroatoms. The molecule has 7 nitrogen and oxygen atoms in total. The highest BCUT2D eigenvalue weighted by Gasteiger charge is 2.17. The van der Waals surface area contributed by atoms with Crippen LogP contribution >= 0.6 is 24.0 Å². The molecule has 2 N–H and O–H groups in total. The van der Waals surface area contributed by atoms with Crippen molar-refractivity contribution in [2.75, 3.05) is 32.7 Å². The number of likely N-dealkylation sites (tertiary alicyclic amines) is 1. The predicted molar refractivity (Wildman–Crippen MR) is 107 cm³/mol. The maximum Gasteiger partial charge on any atom is 0.244 e. The van der Waals surface area contributed by atoms with Gasteiger partial charge in [-0.05, 0) is 31.7 Å². The van der Waals surface area contributed by atoms with Crippen LogP contribution in [0.3, 0.4) is 0 Å². The maximum absolute atomic E-state index is 12.1. The Kier molecular flexibility index (Phi) is 9.73. The average Bonchev–Trinajstić information content (AvgIpc) is 3.23. The van der Waals surface area contributed by atoms with Gasteiger partial charge in [-0.15, -0.1) is 24.0 Å². The molecular formula is C16H29IN6O. The van der Waals surface area contributed by atoms with Crippen molar-refractivity contribution in [2.24, 2.45) is 10.9 Å². The molecule has 1 aliphatic rings. The first-order chi connectivity index (χ1) is 11.2. The number of carbonyl (C=O) groups is 1. The van der Waals surface area contributed by atoms with Crippen LogP contribution < -0.4 is 10.6 Å². The first kappa shape index (κ1) is 20.7. The molecule has 1 amide bonds. The summed E-state index contributed by atoms with van der Waals surface area (Å²) in [5.74, 6) is 1.23. The number of nitrogens with zero attached hydrogens (tertiary/aromatic N) is 4. The zero-order chi connectivity index (χ0) is 16.5. The van der Waals surface area contributed by atoms with Crippen LogP contribution in [0.1, 0.15) is 26.7 Å². The third kappa shape index (κ3) is 7.06. The zero-order valence-electron chi connectivity index (χ0n) is 14.6. The van der Waals surface area contributed by atoms with E-state index in [4.69, 9.17) is 0 Å². The van der Waals surface area contributed by atoms with Gasteiger partial charge in [0.25, 0.3) is 0 Å². The van der Waals surface area contributed by atoms with E-state index in [-0.39, 0.29) is 36.4 Å². The summed E-state index contributed by atoms with van der Waals surface area (Å²) < 4.78 is 1.92. The Morgan fingerprint density at radius 1 is 1.33 bits per heavy atom. The predicted octanol–water partition coefficient (Wildman–Crippen LogP) is 1.31. The monoisotopic (exact) mass is 448 g/mol. The third-order valence-electron chi connectivity index (χ3n) is 3.85.